The van der Waals surface area contributed by atoms with Gasteiger partial charge < -0.3 is 18.6 Å². The first-order chi connectivity index (χ1) is 20.2. The second-order valence-corrected chi connectivity index (χ2v) is 14.5. The Bertz CT molecular complexity index is 1810. The molecule has 4 saturated carbocycles. The molecule has 1 aromatic carbocycles. The third-order valence-corrected chi connectivity index (χ3v) is 10.4. The van der Waals surface area contributed by atoms with Gasteiger partial charge in [-0.1, -0.05) is 27.7 Å². The standard InChI is InChI=1S/C31H30O11S/c1-12(2)18-7-17(43(36,37)38)8-19(13(3)4)23(18)40-28(33)21-20-24-26(41-29(20)34)27(25(21)39-24)42-30(35)31-9-14-5-15(10-31)22(32)16(6-14)11-31/h7-8,12-16H,5-6,9-11H2,1-4H3,(H,36,37,38). The fourth-order valence-electron chi connectivity index (χ4n) is 7.79. The molecule has 1 N–H and O–H groups in total. The van der Waals surface area contributed by atoms with E-state index < -0.39 is 33.4 Å². The van der Waals surface area contributed by atoms with Crippen molar-refractivity contribution in [2.75, 3.05) is 0 Å². The van der Waals surface area contributed by atoms with Crippen LogP contribution >= 0.6 is 0 Å². The fraction of sp³-hybridized carbons (Fsp3) is 0.484. The van der Waals surface area contributed by atoms with Crippen molar-refractivity contribution in [2.24, 2.45) is 23.2 Å². The fourth-order valence-corrected chi connectivity index (χ4v) is 8.34. The molecule has 1 aliphatic heterocycles. The highest BCUT2D eigenvalue weighted by atomic mass is 32.2. The van der Waals surface area contributed by atoms with Crippen LogP contribution in [0.3, 0.4) is 0 Å². The molecule has 2 atom stereocenters. The van der Waals surface area contributed by atoms with Crippen LogP contribution in [0.15, 0.2) is 21.4 Å². The smallest absolute Gasteiger partial charge is 0.348 e. The number of hydrogen-bond donors (Lipinski definition) is 1. The molecule has 4 fully saturated rings. The van der Waals surface area contributed by atoms with Gasteiger partial charge in [0.05, 0.1) is 10.3 Å². The van der Waals surface area contributed by atoms with Gasteiger partial charge in [-0.05, 0) is 73.1 Å². The normalized spacial score (nSPS) is 25.8. The number of benzene rings is 2. The SMILES string of the molecule is CC(C)c1cc(S(=O)(=O)O)cc(C(C)C)c1OC(=O)c1c2c3oc1c(OC(=O)C14CC5CC(C1)C(=O)C(C5)C4)c3OC2=O. The van der Waals surface area contributed by atoms with Gasteiger partial charge in [-0.2, -0.15) is 8.42 Å². The Balaban J connectivity index is 1.26. The van der Waals surface area contributed by atoms with Crippen molar-refractivity contribution in [2.45, 2.75) is 76.5 Å². The van der Waals surface area contributed by atoms with Gasteiger partial charge in [-0.25, -0.2) is 9.59 Å². The first-order valence-electron chi connectivity index (χ1n) is 14.5. The van der Waals surface area contributed by atoms with Gasteiger partial charge in [-0.3, -0.25) is 14.1 Å². The van der Waals surface area contributed by atoms with E-state index in [0.717, 1.165) is 12.8 Å². The Morgan fingerprint density at radius 3 is 2.09 bits per heavy atom. The summed E-state index contributed by atoms with van der Waals surface area (Å²) in [5, 5.41) is 0. The maximum absolute atomic E-state index is 13.8. The summed E-state index contributed by atoms with van der Waals surface area (Å²) in [6, 6.07) is 2.49. The molecule has 43 heavy (non-hydrogen) atoms. The van der Waals surface area contributed by atoms with E-state index in [9.17, 15) is 32.1 Å². The third-order valence-electron chi connectivity index (χ3n) is 9.61. The number of carbonyl (C=O) groups excluding carboxylic acids is 4. The van der Waals surface area contributed by atoms with Crippen molar-refractivity contribution in [1.29, 1.82) is 0 Å². The van der Waals surface area contributed by atoms with E-state index in [4.69, 9.17) is 18.6 Å². The topological polar surface area (TPSA) is 163 Å². The molecule has 12 heteroatoms. The van der Waals surface area contributed by atoms with Crippen LogP contribution in [-0.2, 0) is 19.7 Å². The highest BCUT2D eigenvalue weighted by Crippen LogP contribution is 2.60. The zero-order chi connectivity index (χ0) is 30.7. The highest BCUT2D eigenvalue weighted by Gasteiger charge is 2.59. The van der Waals surface area contributed by atoms with E-state index in [1.54, 1.807) is 27.7 Å². The van der Waals surface area contributed by atoms with E-state index in [1.165, 1.54) is 12.1 Å². The van der Waals surface area contributed by atoms with Gasteiger partial charge in [0.2, 0.25) is 11.5 Å². The molecule has 5 aliphatic rings. The largest absolute Gasteiger partial charge is 0.447 e. The number of hydrogen-bond acceptors (Lipinski definition) is 10. The minimum absolute atomic E-state index is 0.0228. The van der Waals surface area contributed by atoms with E-state index in [2.05, 4.69) is 0 Å². The van der Waals surface area contributed by atoms with Gasteiger partial charge in [-0.15, -0.1) is 0 Å². The van der Waals surface area contributed by atoms with Crippen molar-refractivity contribution >= 4 is 45.0 Å². The van der Waals surface area contributed by atoms with Crippen molar-refractivity contribution < 1.29 is 50.8 Å². The molecular formula is C31H30O11S. The highest BCUT2D eigenvalue weighted by molar-refractivity contribution is 7.85. The maximum atomic E-state index is 13.8. The van der Waals surface area contributed by atoms with Crippen LogP contribution in [-0.4, -0.2) is 36.7 Å². The number of Topliss-reactive ketones (excluding diaryl/α,β-unsaturated/α-hetero) is 1. The van der Waals surface area contributed by atoms with Crippen molar-refractivity contribution in [3.63, 3.8) is 0 Å². The summed E-state index contributed by atoms with van der Waals surface area (Å²) in [5.74, 6) is -2.95. The van der Waals surface area contributed by atoms with Gasteiger partial charge in [0.25, 0.3) is 10.1 Å². The first kappa shape index (κ1) is 28.0. The van der Waals surface area contributed by atoms with Crippen LogP contribution in [0.2, 0.25) is 0 Å². The summed E-state index contributed by atoms with van der Waals surface area (Å²) >= 11 is 0. The summed E-state index contributed by atoms with van der Waals surface area (Å²) < 4.78 is 56.6. The molecule has 0 spiro atoms. The van der Waals surface area contributed by atoms with Crippen molar-refractivity contribution in [3.8, 4) is 17.2 Å². The van der Waals surface area contributed by atoms with Gasteiger partial charge in [0, 0.05) is 11.8 Å². The lowest BCUT2D eigenvalue weighted by Crippen LogP contribution is -2.55. The lowest BCUT2D eigenvalue weighted by Gasteiger charge is -2.53. The second kappa shape index (κ2) is 9.12. The number of esters is 3. The zero-order valence-electron chi connectivity index (χ0n) is 24.0. The minimum Gasteiger partial charge on any atom is -0.447 e. The molecule has 0 amide bonds. The summed E-state index contributed by atoms with van der Waals surface area (Å²) in [5.41, 5.74) is -0.689. The molecular weight excluding hydrogens is 580 g/mol. The van der Waals surface area contributed by atoms with Crippen LogP contribution in [0.4, 0.5) is 0 Å². The summed E-state index contributed by atoms with van der Waals surface area (Å²) in [4.78, 5) is 52.7. The quantitative estimate of drug-likeness (QED) is 0.206. The lowest BCUT2D eigenvalue weighted by atomic mass is 9.49. The predicted octanol–water partition coefficient (Wildman–Crippen LogP) is 5.42. The number of furan rings is 2. The molecule has 2 unspecified atom stereocenters. The maximum Gasteiger partial charge on any atom is 0.348 e. The molecule has 4 aliphatic carbocycles. The summed E-state index contributed by atoms with van der Waals surface area (Å²) in [7, 11) is -4.55. The first-order valence-corrected chi connectivity index (χ1v) is 15.9. The van der Waals surface area contributed by atoms with Crippen LogP contribution in [0.5, 0.6) is 17.2 Å². The Labute approximate surface area is 246 Å². The molecule has 0 saturated heterocycles. The van der Waals surface area contributed by atoms with E-state index in [0.29, 0.717) is 30.4 Å². The Hall–Kier alpha value is -3.77. The van der Waals surface area contributed by atoms with Crippen LogP contribution < -0.4 is 14.2 Å². The van der Waals surface area contributed by atoms with E-state index >= 15 is 0 Å². The van der Waals surface area contributed by atoms with Gasteiger partial charge in [0.1, 0.15) is 22.7 Å². The van der Waals surface area contributed by atoms with E-state index in [-0.39, 0.29) is 79.8 Å². The Morgan fingerprint density at radius 1 is 0.930 bits per heavy atom. The lowest BCUT2D eigenvalue weighted by molar-refractivity contribution is -0.167. The third kappa shape index (κ3) is 4.06. The van der Waals surface area contributed by atoms with Crippen molar-refractivity contribution in [1.82, 2.24) is 0 Å². The minimum atomic E-state index is -4.55. The second-order valence-electron chi connectivity index (χ2n) is 13.1. The number of ether oxygens (including phenoxy) is 3. The van der Waals surface area contributed by atoms with Crippen LogP contribution in [0, 0.1) is 23.2 Å². The summed E-state index contributed by atoms with van der Waals surface area (Å²) in [6.45, 7) is 7.10. The zero-order valence-corrected chi connectivity index (χ0v) is 24.8. The number of carbonyl (C=O) groups is 4. The molecule has 226 valence electrons. The van der Waals surface area contributed by atoms with Gasteiger partial charge in [0.15, 0.2) is 11.2 Å². The molecule has 11 nitrogen and oxygen atoms in total. The molecule has 3 heterocycles. The molecule has 0 radical (unpaired) electrons. The Kier molecular flexibility index (Phi) is 5.94. The van der Waals surface area contributed by atoms with Gasteiger partial charge >= 0.3 is 17.9 Å². The van der Waals surface area contributed by atoms with Crippen molar-refractivity contribution in [3.05, 3.63) is 34.4 Å². The molecule has 3 aromatic rings. The summed E-state index contributed by atoms with van der Waals surface area (Å²) in [6.07, 6.45) is 3.03. The number of fused-ring (bicyclic) bond motifs is 1. The molecule has 2 aromatic heterocycles. The average Bonchev–Trinajstić information content (AvgIpc) is 3.54. The molecule has 8 rings (SSSR count). The average molecular weight is 611 g/mol. The molecule has 6 bridgehead atoms. The van der Waals surface area contributed by atoms with E-state index in [1.807, 2.05) is 0 Å². The van der Waals surface area contributed by atoms with Crippen LogP contribution in [0.1, 0.15) is 103 Å². The number of ketones is 1. The van der Waals surface area contributed by atoms with Crippen LogP contribution in [0.25, 0.3) is 11.2 Å². The Morgan fingerprint density at radius 2 is 1.53 bits per heavy atom. The monoisotopic (exact) mass is 610 g/mol. The predicted molar refractivity (Wildman–Crippen MR) is 148 cm³/mol. The number of rotatable bonds is 7.